The van der Waals surface area contributed by atoms with E-state index in [0.717, 1.165) is 39.1 Å². The lowest BCUT2D eigenvalue weighted by Crippen LogP contribution is -2.44. The number of rotatable bonds is 6. The van der Waals surface area contributed by atoms with Gasteiger partial charge in [-0.15, -0.1) is 0 Å². The zero-order valence-corrected chi connectivity index (χ0v) is 11.9. The van der Waals surface area contributed by atoms with Crippen LogP contribution in [-0.2, 0) is 0 Å². The number of nitrogens with zero attached hydrogens (tertiary/aromatic N) is 2. The first kappa shape index (κ1) is 15.4. The van der Waals surface area contributed by atoms with Gasteiger partial charge in [0.05, 0.1) is 4.92 Å². The first-order valence-electron chi connectivity index (χ1n) is 7.12. The van der Waals surface area contributed by atoms with Crippen LogP contribution in [-0.4, -0.2) is 55.0 Å². The van der Waals surface area contributed by atoms with E-state index in [1.807, 2.05) is 0 Å². The molecule has 1 saturated heterocycles. The van der Waals surface area contributed by atoms with Gasteiger partial charge in [0.15, 0.2) is 0 Å². The number of hydrogen-bond acceptors (Lipinski definition) is 5. The van der Waals surface area contributed by atoms with Gasteiger partial charge >= 0.3 is 0 Å². The summed E-state index contributed by atoms with van der Waals surface area (Å²) in [6, 6.07) is 5.64. The highest BCUT2D eigenvalue weighted by atomic mass is 16.6. The average molecular weight is 292 g/mol. The minimum Gasteiger partial charge on any atom is -0.352 e. The van der Waals surface area contributed by atoms with Gasteiger partial charge in [0.2, 0.25) is 0 Å². The van der Waals surface area contributed by atoms with Gasteiger partial charge in [-0.1, -0.05) is 0 Å². The fraction of sp³-hybridized carbons (Fsp3) is 0.500. The molecule has 1 fully saturated rings. The molecule has 21 heavy (non-hydrogen) atoms. The van der Waals surface area contributed by atoms with E-state index < -0.39 is 4.92 Å². The predicted molar refractivity (Wildman–Crippen MR) is 79.4 cm³/mol. The van der Waals surface area contributed by atoms with Crippen LogP contribution >= 0.6 is 0 Å². The highest BCUT2D eigenvalue weighted by Gasteiger charge is 2.10. The van der Waals surface area contributed by atoms with Crippen LogP contribution in [0, 0.1) is 10.1 Å². The van der Waals surface area contributed by atoms with Gasteiger partial charge in [-0.25, -0.2) is 0 Å². The zero-order valence-electron chi connectivity index (χ0n) is 11.9. The molecule has 7 nitrogen and oxygen atoms in total. The van der Waals surface area contributed by atoms with Crippen molar-refractivity contribution in [3.05, 3.63) is 39.9 Å². The largest absolute Gasteiger partial charge is 0.352 e. The van der Waals surface area contributed by atoms with Crippen LogP contribution in [0.4, 0.5) is 5.69 Å². The molecular formula is C14H20N4O3. The first-order chi connectivity index (χ1) is 10.2. The molecule has 7 heteroatoms. The third-order valence-corrected chi connectivity index (χ3v) is 3.49. The Bertz CT molecular complexity index is 483. The highest BCUT2D eigenvalue weighted by molar-refractivity contribution is 5.94. The van der Waals surface area contributed by atoms with E-state index in [2.05, 4.69) is 15.5 Å². The molecule has 0 unspecified atom stereocenters. The van der Waals surface area contributed by atoms with Crippen molar-refractivity contribution >= 4 is 11.6 Å². The van der Waals surface area contributed by atoms with E-state index in [-0.39, 0.29) is 11.6 Å². The van der Waals surface area contributed by atoms with E-state index in [0.29, 0.717) is 12.1 Å². The van der Waals surface area contributed by atoms with E-state index in [1.54, 1.807) is 0 Å². The SMILES string of the molecule is O=C(NCCCN1CCNCC1)c1ccc([N+](=O)[O-])cc1. The minimum absolute atomic E-state index is 0.00902. The van der Waals surface area contributed by atoms with Crippen LogP contribution in [0.1, 0.15) is 16.8 Å². The van der Waals surface area contributed by atoms with Crippen LogP contribution in [0.15, 0.2) is 24.3 Å². The quantitative estimate of drug-likeness (QED) is 0.456. The van der Waals surface area contributed by atoms with Crippen molar-refractivity contribution in [3.63, 3.8) is 0 Å². The Hall–Kier alpha value is -1.99. The monoisotopic (exact) mass is 292 g/mol. The van der Waals surface area contributed by atoms with Crippen LogP contribution < -0.4 is 10.6 Å². The van der Waals surface area contributed by atoms with Gasteiger partial charge in [-0.2, -0.15) is 0 Å². The van der Waals surface area contributed by atoms with Gasteiger partial charge in [-0.3, -0.25) is 14.9 Å². The topological polar surface area (TPSA) is 87.5 Å². The maximum atomic E-state index is 11.9. The second-order valence-electron chi connectivity index (χ2n) is 5.01. The normalized spacial score (nSPS) is 15.6. The number of benzene rings is 1. The number of hydrogen-bond donors (Lipinski definition) is 2. The fourth-order valence-electron chi connectivity index (χ4n) is 2.28. The molecule has 0 radical (unpaired) electrons. The minimum atomic E-state index is -0.477. The fourth-order valence-corrected chi connectivity index (χ4v) is 2.28. The molecule has 0 spiro atoms. The maximum absolute atomic E-state index is 11.9. The Labute approximate surface area is 123 Å². The first-order valence-corrected chi connectivity index (χ1v) is 7.12. The van der Waals surface area contributed by atoms with Crippen molar-refractivity contribution < 1.29 is 9.72 Å². The van der Waals surface area contributed by atoms with E-state index >= 15 is 0 Å². The van der Waals surface area contributed by atoms with Gasteiger partial charge in [0.1, 0.15) is 0 Å². The summed E-state index contributed by atoms with van der Waals surface area (Å²) < 4.78 is 0. The number of nitro benzene ring substituents is 1. The summed E-state index contributed by atoms with van der Waals surface area (Å²) in [7, 11) is 0. The number of non-ortho nitro benzene ring substituents is 1. The average Bonchev–Trinajstić information content (AvgIpc) is 2.52. The molecule has 1 aliphatic heterocycles. The zero-order chi connectivity index (χ0) is 15.1. The van der Waals surface area contributed by atoms with E-state index in [1.165, 1.54) is 24.3 Å². The van der Waals surface area contributed by atoms with Crippen LogP contribution in [0.5, 0.6) is 0 Å². The molecule has 0 bridgehead atoms. The van der Waals surface area contributed by atoms with E-state index in [9.17, 15) is 14.9 Å². The van der Waals surface area contributed by atoms with Crippen LogP contribution in [0.3, 0.4) is 0 Å². The van der Waals surface area contributed by atoms with E-state index in [4.69, 9.17) is 0 Å². The van der Waals surface area contributed by atoms with Crippen molar-refractivity contribution in [2.45, 2.75) is 6.42 Å². The molecule has 114 valence electrons. The molecule has 2 N–H and O–H groups in total. The molecule has 0 saturated carbocycles. The molecular weight excluding hydrogens is 272 g/mol. The summed E-state index contributed by atoms with van der Waals surface area (Å²) >= 11 is 0. The summed E-state index contributed by atoms with van der Waals surface area (Å²) in [4.78, 5) is 24.3. The van der Waals surface area contributed by atoms with Gasteiger partial charge in [0.25, 0.3) is 11.6 Å². The molecule has 1 aliphatic rings. The highest BCUT2D eigenvalue weighted by Crippen LogP contribution is 2.11. The molecule has 0 aliphatic carbocycles. The van der Waals surface area contributed by atoms with Crippen molar-refractivity contribution in [1.82, 2.24) is 15.5 Å². The number of piperazine rings is 1. The molecule has 1 aromatic rings. The summed E-state index contributed by atoms with van der Waals surface area (Å²) in [5, 5.41) is 16.7. The van der Waals surface area contributed by atoms with Crippen molar-refractivity contribution in [1.29, 1.82) is 0 Å². The molecule has 1 aromatic carbocycles. The number of nitro groups is 1. The summed E-state index contributed by atoms with van der Waals surface area (Å²) in [5.74, 6) is -0.190. The smallest absolute Gasteiger partial charge is 0.269 e. The Morgan fingerprint density at radius 1 is 1.29 bits per heavy atom. The molecule has 1 heterocycles. The lowest BCUT2D eigenvalue weighted by Gasteiger charge is -2.27. The molecule has 0 aromatic heterocycles. The lowest BCUT2D eigenvalue weighted by atomic mass is 10.2. The van der Waals surface area contributed by atoms with Crippen molar-refractivity contribution in [3.8, 4) is 0 Å². The summed E-state index contributed by atoms with van der Waals surface area (Å²) in [5.41, 5.74) is 0.438. The lowest BCUT2D eigenvalue weighted by molar-refractivity contribution is -0.384. The van der Waals surface area contributed by atoms with Crippen LogP contribution in [0.25, 0.3) is 0 Å². The Balaban J connectivity index is 1.70. The third kappa shape index (κ3) is 4.80. The van der Waals surface area contributed by atoms with Crippen molar-refractivity contribution in [2.24, 2.45) is 0 Å². The molecule has 2 rings (SSSR count). The van der Waals surface area contributed by atoms with Gasteiger partial charge in [0, 0.05) is 50.4 Å². The Kier molecular flexibility index (Phi) is 5.65. The predicted octanol–water partition coefficient (Wildman–Crippen LogP) is 0.620. The number of carbonyl (C=O) groups excluding carboxylic acids is 1. The standard InChI is InChI=1S/C14H20N4O3/c19-14(12-2-4-13(5-3-12)18(20)21)16-6-1-9-17-10-7-15-8-11-17/h2-5,15H,1,6-11H2,(H,16,19). The number of nitrogens with one attached hydrogen (secondary N) is 2. The second kappa shape index (κ2) is 7.70. The summed E-state index contributed by atoms with van der Waals surface area (Å²) in [6.45, 7) is 5.73. The number of carbonyl (C=O) groups is 1. The maximum Gasteiger partial charge on any atom is 0.269 e. The Morgan fingerprint density at radius 2 is 1.95 bits per heavy atom. The van der Waals surface area contributed by atoms with Gasteiger partial charge < -0.3 is 15.5 Å². The third-order valence-electron chi connectivity index (χ3n) is 3.49. The van der Waals surface area contributed by atoms with Gasteiger partial charge in [-0.05, 0) is 25.1 Å². The van der Waals surface area contributed by atoms with Crippen LogP contribution in [0.2, 0.25) is 0 Å². The molecule has 1 amide bonds. The molecule has 0 atom stereocenters. The van der Waals surface area contributed by atoms with Crippen molar-refractivity contribution in [2.75, 3.05) is 39.3 Å². The second-order valence-corrected chi connectivity index (χ2v) is 5.01. The Morgan fingerprint density at radius 3 is 2.57 bits per heavy atom. The summed E-state index contributed by atoms with van der Waals surface area (Å²) in [6.07, 6.45) is 0.902. The number of amides is 1.